The summed E-state index contributed by atoms with van der Waals surface area (Å²) in [4.78, 5) is 38.7. The molecule has 5 N–H and O–H groups in total. The Hall–Kier alpha value is -4.61. The van der Waals surface area contributed by atoms with Crippen molar-refractivity contribution < 1.29 is 39.2 Å². The van der Waals surface area contributed by atoms with E-state index in [9.17, 15) is 29.7 Å². The number of benzene rings is 3. The number of nitrogens with zero attached hydrogens (tertiary/aromatic N) is 1. The molecular weight excluding hydrogens is 518 g/mol. The molecule has 1 saturated heterocycles. The molecule has 0 aliphatic carbocycles. The molecule has 0 bridgehead atoms. The maximum atomic E-state index is 13.4. The molecule has 40 heavy (non-hydrogen) atoms. The summed E-state index contributed by atoms with van der Waals surface area (Å²) in [6, 6.07) is 15.2. The highest BCUT2D eigenvalue weighted by atomic mass is 16.5. The molecule has 0 radical (unpaired) electrons. The fourth-order valence-electron chi connectivity index (χ4n) is 4.73. The van der Waals surface area contributed by atoms with E-state index in [1.807, 2.05) is 25.1 Å². The third kappa shape index (κ3) is 6.00. The summed E-state index contributed by atoms with van der Waals surface area (Å²) in [7, 11) is 2.77. The maximum absolute atomic E-state index is 13.4. The molecule has 1 fully saturated rings. The summed E-state index contributed by atoms with van der Waals surface area (Å²) in [6.07, 6.45) is -2.55. The summed E-state index contributed by atoms with van der Waals surface area (Å²) in [6.45, 7) is 1.77. The van der Waals surface area contributed by atoms with Gasteiger partial charge in [-0.05, 0) is 53.9 Å². The van der Waals surface area contributed by atoms with E-state index in [4.69, 9.17) is 9.47 Å². The van der Waals surface area contributed by atoms with Gasteiger partial charge in [0.05, 0.1) is 38.5 Å². The van der Waals surface area contributed by atoms with Gasteiger partial charge in [0, 0.05) is 12.2 Å². The lowest BCUT2D eigenvalue weighted by Gasteiger charge is -2.27. The van der Waals surface area contributed by atoms with Gasteiger partial charge in [-0.25, -0.2) is 9.59 Å². The zero-order valence-corrected chi connectivity index (χ0v) is 22.2. The maximum Gasteiger partial charge on any atom is 0.339 e. The highest BCUT2D eigenvalue weighted by Crippen LogP contribution is 2.36. The number of rotatable bonds is 8. The van der Waals surface area contributed by atoms with Crippen LogP contribution in [-0.2, 0) is 11.2 Å². The van der Waals surface area contributed by atoms with Crippen molar-refractivity contribution in [3.05, 3.63) is 82.9 Å². The van der Waals surface area contributed by atoms with Crippen LogP contribution in [0.15, 0.2) is 60.7 Å². The number of carboxylic acid groups (broad SMARTS) is 1. The summed E-state index contributed by atoms with van der Waals surface area (Å²) in [5.74, 6) is -1.13. The Balaban J connectivity index is 1.51. The van der Waals surface area contributed by atoms with Gasteiger partial charge in [0.1, 0.15) is 23.2 Å². The highest BCUT2D eigenvalue weighted by Gasteiger charge is 2.43. The largest absolute Gasteiger partial charge is 0.496 e. The normalized spacial score (nSPS) is 18.2. The van der Waals surface area contributed by atoms with E-state index < -0.39 is 30.3 Å². The van der Waals surface area contributed by atoms with Crippen molar-refractivity contribution in [1.29, 1.82) is 0 Å². The van der Waals surface area contributed by atoms with Crippen LogP contribution in [0.2, 0.25) is 0 Å². The van der Waals surface area contributed by atoms with Gasteiger partial charge in [-0.3, -0.25) is 4.79 Å². The number of β-amino-alcohol motifs (C(OH)–C–C–N with tert-alkyl or cyclic N) is 1. The van der Waals surface area contributed by atoms with Crippen molar-refractivity contribution in [3.8, 4) is 11.5 Å². The minimum atomic E-state index is -1.28. The molecule has 11 nitrogen and oxygen atoms in total. The van der Waals surface area contributed by atoms with E-state index in [2.05, 4.69) is 10.6 Å². The van der Waals surface area contributed by atoms with Crippen LogP contribution < -0.4 is 20.1 Å². The van der Waals surface area contributed by atoms with Crippen LogP contribution in [0, 0.1) is 6.92 Å². The van der Waals surface area contributed by atoms with Crippen LogP contribution in [0.3, 0.4) is 0 Å². The van der Waals surface area contributed by atoms with Gasteiger partial charge in [-0.15, -0.1) is 0 Å². The van der Waals surface area contributed by atoms with Crippen molar-refractivity contribution in [2.75, 3.05) is 31.4 Å². The van der Waals surface area contributed by atoms with Crippen LogP contribution in [0.25, 0.3) is 0 Å². The van der Waals surface area contributed by atoms with Gasteiger partial charge in [0.2, 0.25) is 5.91 Å². The molecule has 0 saturated carbocycles. The number of carbonyl (C=O) groups excluding carboxylic acids is 2. The quantitative estimate of drug-likeness (QED) is 0.287. The number of para-hydroxylation sites is 1. The predicted octanol–water partition coefficient (Wildman–Crippen LogP) is 3.20. The third-order valence-electron chi connectivity index (χ3n) is 6.82. The minimum Gasteiger partial charge on any atom is -0.496 e. The second kappa shape index (κ2) is 12.1. The van der Waals surface area contributed by atoms with E-state index in [1.54, 1.807) is 24.3 Å². The molecule has 3 atom stereocenters. The molecule has 11 heteroatoms. The standard InChI is InChI=1S/C29H31N3O8/c1-16-6-4-5-7-20(16)30-29(38)31-21-11-8-17(12-24(21)40-3)13-25(34)32-15-22(33)27(35)26(32)18-9-10-19(28(36)37)23(14-18)39-2/h4-12,14,22,26-27,33,35H,13,15H2,1-3H3,(H,36,37)(H2,30,31,38)/t22-,26+,27-/m0/s1. The van der Waals surface area contributed by atoms with E-state index in [0.29, 0.717) is 28.3 Å². The summed E-state index contributed by atoms with van der Waals surface area (Å²) < 4.78 is 10.6. The lowest BCUT2D eigenvalue weighted by molar-refractivity contribution is -0.132. The molecule has 3 aromatic carbocycles. The second-order valence-electron chi connectivity index (χ2n) is 9.42. The van der Waals surface area contributed by atoms with E-state index in [-0.39, 0.29) is 30.2 Å². The molecule has 0 spiro atoms. The van der Waals surface area contributed by atoms with Gasteiger partial charge in [0.15, 0.2) is 0 Å². The third-order valence-corrected chi connectivity index (χ3v) is 6.82. The zero-order chi connectivity index (χ0) is 29.0. The second-order valence-corrected chi connectivity index (χ2v) is 9.42. The Bertz CT molecular complexity index is 1430. The number of nitrogens with one attached hydrogen (secondary N) is 2. The number of aliphatic hydroxyl groups excluding tert-OH is 2. The molecule has 210 valence electrons. The Kier molecular flexibility index (Phi) is 8.56. The Morgan fingerprint density at radius 2 is 1.62 bits per heavy atom. The van der Waals surface area contributed by atoms with Crippen molar-refractivity contribution >= 4 is 29.3 Å². The smallest absolute Gasteiger partial charge is 0.339 e. The van der Waals surface area contributed by atoms with Gasteiger partial charge in [-0.1, -0.05) is 30.3 Å². The van der Waals surface area contributed by atoms with Crippen molar-refractivity contribution in [2.24, 2.45) is 0 Å². The number of amides is 3. The number of hydrogen-bond acceptors (Lipinski definition) is 7. The van der Waals surface area contributed by atoms with Crippen molar-refractivity contribution in [2.45, 2.75) is 31.6 Å². The number of aromatic carboxylic acids is 1. The SMILES string of the molecule is COc1cc(CC(=O)N2C[C@H](O)[C@H](O)[C@H]2c2ccc(C(=O)O)c(OC)c2)ccc1NC(=O)Nc1ccccc1C. The minimum absolute atomic E-state index is 0.0643. The van der Waals surface area contributed by atoms with Crippen LogP contribution in [-0.4, -0.2) is 71.1 Å². The fourth-order valence-corrected chi connectivity index (χ4v) is 4.73. The van der Waals surface area contributed by atoms with Crippen LogP contribution in [0.4, 0.5) is 16.2 Å². The van der Waals surface area contributed by atoms with E-state index in [0.717, 1.165) is 5.56 Å². The molecular formula is C29H31N3O8. The summed E-state index contributed by atoms with van der Waals surface area (Å²) in [5.41, 5.74) is 2.92. The first-order chi connectivity index (χ1) is 19.1. The number of methoxy groups -OCH3 is 2. The number of hydrogen-bond donors (Lipinski definition) is 5. The first kappa shape index (κ1) is 28.4. The lowest BCUT2D eigenvalue weighted by Crippen LogP contribution is -2.34. The first-order valence-corrected chi connectivity index (χ1v) is 12.5. The van der Waals surface area contributed by atoms with Gasteiger partial charge in [-0.2, -0.15) is 0 Å². The number of ether oxygens (including phenoxy) is 2. The number of anilines is 2. The summed E-state index contributed by atoms with van der Waals surface area (Å²) in [5, 5.41) is 36.0. The molecule has 1 aliphatic heterocycles. The van der Waals surface area contributed by atoms with Crippen LogP contribution >= 0.6 is 0 Å². The average Bonchev–Trinajstić information content (AvgIpc) is 3.24. The molecule has 4 rings (SSSR count). The topological polar surface area (TPSA) is 158 Å². The molecule has 0 aromatic heterocycles. The molecule has 1 heterocycles. The van der Waals surface area contributed by atoms with Gasteiger partial charge < -0.3 is 40.3 Å². The number of likely N-dealkylation sites (tertiary alicyclic amines) is 1. The monoisotopic (exact) mass is 549 g/mol. The molecule has 1 aliphatic rings. The first-order valence-electron chi connectivity index (χ1n) is 12.5. The number of carbonyl (C=O) groups is 3. The molecule has 3 aromatic rings. The number of carboxylic acids is 1. The number of urea groups is 1. The van der Waals surface area contributed by atoms with Gasteiger partial charge in [0.25, 0.3) is 0 Å². The Labute approximate surface area is 231 Å². The van der Waals surface area contributed by atoms with E-state index >= 15 is 0 Å². The van der Waals surface area contributed by atoms with Crippen LogP contribution in [0.1, 0.15) is 33.1 Å². The lowest BCUT2D eigenvalue weighted by atomic mass is 9.98. The Morgan fingerprint density at radius 1 is 0.925 bits per heavy atom. The van der Waals surface area contributed by atoms with Gasteiger partial charge >= 0.3 is 12.0 Å². The number of aryl methyl sites for hydroxylation is 1. The summed E-state index contributed by atoms with van der Waals surface area (Å²) >= 11 is 0. The number of aliphatic hydroxyl groups is 2. The zero-order valence-electron chi connectivity index (χ0n) is 22.2. The van der Waals surface area contributed by atoms with Crippen molar-refractivity contribution in [1.82, 2.24) is 4.90 Å². The Morgan fingerprint density at radius 3 is 2.30 bits per heavy atom. The van der Waals surface area contributed by atoms with Crippen LogP contribution in [0.5, 0.6) is 11.5 Å². The van der Waals surface area contributed by atoms with Crippen molar-refractivity contribution in [3.63, 3.8) is 0 Å². The van der Waals surface area contributed by atoms with E-state index in [1.165, 1.54) is 37.3 Å². The average molecular weight is 550 g/mol. The molecule has 0 unspecified atom stereocenters. The highest BCUT2D eigenvalue weighted by molar-refractivity contribution is 6.01. The molecule has 3 amide bonds. The predicted molar refractivity (Wildman–Crippen MR) is 147 cm³/mol. The fraction of sp³-hybridized carbons (Fsp3) is 0.276.